The van der Waals surface area contributed by atoms with E-state index in [4.69, 9.17) is 19.9 Å². The molecule has 0 spiro atoms. The number of nitrogens with zero attached hydrogens (tertiary/aromatic N) is 4. The van der Waals surface area contributed by atoms with Gasteiger partial charge in [-0.3, -0.25) is 0 Å². The van der Waals surface area contributed by atoms with Gasteiger partial charge >= 0.3 is 0 Å². The smallest absolute Gasteiger partial charge is 0.0737 e. The quantitative estimate of drug-likeness (QED) is 0.127. The first-order valence-electron chi connectivity index (χ1n) is 33.5. The predicted octanol–water partition coefficient (Wildman–Crippen LogP) is 23.3. The molecule has 0 amide bonds. The number of hydrogen-bond donors (Lipinski definition) is 4. The third-order valence-electron chi connectivity index (χ3n) is 18.9. The summed E-state index contributed by atoms with van der Waals surface area (Å²) in [6.45, 7) is 27.6. The second-order valence-electron chi connectivity index (χ2n) is 30.0. The Balaban J connectivity index is 1.03. The lowest BCUT2D eigenvalue weighted by atomic mass is 9.78. The monoisotopic (exact) mass is 1250 g/mol. The summed E-state index contributed by atoms with van der Waals surface area (Å²) in [4.78, 5) is 38.1. The number of rotatable bonds is 7. The van der Waals surface area contributed by atoms with Crippen LogP contribution in [0.15, 0.2) is 182 Å². The van der Waals surface area contributed by atoms with Gasteiger partial charge in [0.1, 0.15) is 0 Å². The van der Waals surface area contributed by atoms with Gasteiger partial charge in [0.25, 0.3) is 0 Å². The standard InChI is InChI=1S/C88H80N8/c1-85(2,3)59-44-57(45-60(49-59)86(4,5)6)83-69-33-29-63(89-69)51-64-30-34-71(90-64)84(58-46-61(87(7,8)9)50-62(47-58)88(10,11)12)79-48-56(78(96-79)52-65-31-35-70(83)91-65)28-32-66-67-36-38-72(92-67)80(53-22-16-13-17-23-53)74-40-42-76(94-74)82(55-26-20-15-21-27-55)77-43-41-75(95-77)81(54-24-18-14-19-25-54)73-39-37-68(66)93-73/h13-52,89,92,95-96H,1-12H3/b32-28+,63-51?,64-51?,65-52?,67-66?,68-66?,78-52?,80-72?,80-74?,81-73?,81-75?,82-76?,82-77?,83-69?,83-70?,84-71?,84-79?. The summed E-state index contributed by atoms with van der Waals surface area (Å²) >= 11 is 0. The lowest BCUT2D eigenvalue weighted by Crippen LogP contribution is -2.16. The van der Waals surface area contributed by atoms with E-state index in [0.717, 1.165) is 156 Å². The highest BCUT2D eigenvalue weighted by molar-refractivity contribution is 6.01. The number of H-pyrrole nitrogens is 4. The Hall–Kier alpha value is -11.0. The fourth-order valence-corrected chi connectivity index (χ4v) is 13.5. The van der Waals surface area contributed by atoms with E-state index in [1.807, 2.05) is 0 Å². The Morgan fingerprint density at radius 3 is 1.06 bits per heavy atom. The van der Waals surface area contributed by atoms with Gasteiger partial charge in [-0.25, -0.2) is 19.9 Å². The van der Waals surface area contributed by atoms with Gasteiger partial charge in [0, 0.05) is 83.1 Å². The highest BCUT2D eigenvalue weighted by atomic mass is 14.8. The van der Waals surface area contributed by atoms with E-state index in [2.05, 4.69) is 346 Å². The van der Waals surface area contributed by atoms with E-state index < -0.39 is 0 Å². The second kappa shape index (κ2) is 23.5. The molecule has 0 aliphatic carbocycles. The van der Waals surface area contributed by atoms with Crippen LogP contribution >= 0.6 is 0 Å². The van der Waals surface area contributed by atoms with Crippen molar-refractivity contribution in [2.75, 3.05) is 0 Å². The molecule has 6 aromatic heterocycles. The average Bonchev–Trinajstić information content (AvgIpc) is 1.57. The number of nitrogens with one attached hydrogen (secondary N) is 4. The molecule has 96 heavy (non-hydrogen) atoms. The average molecular weight is 1250 g/mol. The van der Waals surface area contributed by atoms with E-state index in [9.17, 15) is 0 Å². The summed E-state index contributed by atoms with van der Waals surface area (Å²) in [6, 6.07) is 65.7. The van der Waals surface area contributed by atoms with Crippen LogP contribution in [0.2, 0.25) is 0 Å². The minimum Gasteiger partial charge on any atom is -0.355 e. The van der Waals surface area contributed by atoms with Crippen molar-refractivity contribution >= 4 is 105 Å². The van der Waals surface area contributed by atoms with Crippen molar-refractivity contribution < 1.29 is 0 Å². The van der Waals surface area contributed by atoms with Gasteiger partial charge in [-0.05, 0) is 175 Å². The first-order valence-corrected chi connectivity index (χ1v) is 33.5. The highest BCUT2D eigenvalue weighted by Crippen LogP contribution is 2.43. The minimum absolute atomic E-state index is 0.0945. The molecule has 5 aromatic carbocycles. The summed E-state index contributed by atoms with van der Waals surface area (Å²) in [5.41, 5.74) is 31.2. The molecule has 15 rings (SSSR count). The molecule has 11 aromatic rings. The molecule has 472 valence electrons. The van der Waals surface area contributed by atoms with Crippen LogP contribution in [0.5, 0.6) is 0 Å². The maximum Gasteiger partial charge on any atom is 0.0737 e. The summed E-state index contributed by atoms with van der Waals surface area (Å²) in [7, 11) is 0. The van der Waals surface area contributed by atoms with Crippen molar-refractivity contribution in [3.05, 3.63) is 261 Å². The number of aromatic nitrogens is 8. The Morgan fingerprint density at radius 2 is 0.604 bits per heavy atom. The Kier molecular flexibility index (Phi) is 15.0. The first kappa shape index (κ1) is 61.2. The van der Waals surface area contributed by atoms with Gasteiger partial charge in [0.2, 0.25) is 0 Å². The van der Waals surface area contributed by atoms with E-state index >= 15 is 0 Å². The summed E-state index contributed by atoms with van der Waals surface area (Å²) in [5.74, 6) is 0. The molecule has 0 saturated heterocycles. The molecule has 0 atom stereocenters. The lowest BCUT2D eigenvalue weighted by molar-refractivity contribution is 0.568. The summed E-state index contributed by atoms with van der Waals surface area (Å²) in [5, 5.41) is 0. The van der Waals surface area contributed by atoms with Gasteiger partial charge in [-0.1, -0.05) is 223 Å². The minimum atomic E-state index is -0.133. The third kappa shape index (κ3) is 11.9. The van der Waals surface area contributed by atoms with Crippen LogP contribution in [0.25, 0.3) is 161 Å². The van der Waals surface area contributed by atoms with Crippen LogP contribution in [-0.2, 0) is 21.7 Å². The molecule has 8 heteroatoms. The largest absolute Gasteiger partial charge is 0.355 e. The van der Waals surface area contributed by atoms with E-state index in [1.165, 1.54) is 22.3 Å². The van der Waals surface area contributed by atoms with Crippen molar-refractivity contribution in [3.63, 3.8) is 0 Å². The fourth-order valence-electron chi connectivity index (χ4n) is 13.5. The van der Waals surface area contributed by atoms with Crippen LogP contribution in [-0.4, -0.2) is 39.9 Å². The maximum absolute atomic E-state index is 5.66. The molecular weight excluding hydrogens is 1170 g/mol. The Bertz CT molecular complexity index is 5370. The van der Waals surface area contributed by atoms with Crippen LogP contribution in [0, 0.1) is 0 Å². The summed E-state index contributed by atoms with van der Waals surface area (Å²) < 4.78 is 0. The summed E-state index contributed by atoms with van der Waals surface area (Å²) in [6.07, 6.45) is 21.7. The highest BCUT2D eigenvalue weighted by Gasteiger charge is 2.26. The maximum atomic E-state index is 5.66. The van der Waals surface area contributed by atoms with Crippen LogP contribution in [0.3, 0.4) is 0 Å². The topological polar surface area (TPSA) is 115 Å². The predicted molar refractivity (Wildman–Crippen MR) is 409 cm³/mol. The number of benzene rings is 5. The SMILES string of the molecule is CC(C)(C)c1cc(-c2c3nc(cc4[nH]c(cc4/C=C/c4c5nc(c(-c6ccccc6)c6ccc([nH]6)c(-c6ccccc6)c6nc(c(-c7ccccc7)c7ccc4[nH]7)C=C6)C=C5)c(-c4cc(C(C)(C)C)cc(C(C)(C)C)c4)c4nc(cc5ccc2[nH]5)C=C4)C=C3)cc(C(C)(C)C)c1. The third-order valence-corrected chi connectivity index (χ3v) is 18.9. The fraction of sp³-hybridized carbons (Fsp3) is 0.182. The molecule has 0 unspecified atom stereocenters. The molecule has 4 aliphatic heterocycles. The zero-order chi connectivity index (χ0) is 66.4. The van der Waals surface area contributed by atoms with Gasteiger partial charge < -0.3 is 19.9 Å². The van der Waals surface area contributed by atoms with Gasteiger partial charge in [0.15, 0.2) is 0 Å². The van der Waals surface area contributed by atoms with Crippen LogP contribution in [0.1, 0.15) is 162 Å². The number of aromatic amines is 4. The van der Waals surface area contributed by atoms with Crippen molar-refractivity contribution in [2.45, 2.75) is 105 Å². The van der Waals surface area contributed by atoms with Gasteiger partial charge in [-0.2, -0.15) is 0 Å². The van der Waals surface area contributed by atoms with Crippen molar-refractivity contribution in [1.82, 2.24) is 39.9 Å². The molecule has 0 radical (unpaired) electrons. The zero-order valence-electron chi connectivity index (χ0n) is 56.9. The molecule has 10 heterocycles. The number of hydrogen-bond acceptors (Lipinski definition) is 4. The molecule has 4 aliphatic rings. The Labute approximate surface area is 562 Å². The van der Waals surface area contributed by atoms with E-state index in [1.54, 1.807) is 0 Å². The van der Waals surface area contributed by atoms with Crippen LogP contribution < -0.4 is 0 Å². The lowest BCUT2D eigenvalue weighted by Gasteiger charge is -2.26. The van der Waals surface area contributed by atoms with E-state index in [0.29, 0.717) is 0 Å². The second-order valence-corrected chi connectivity index (χ2v) is 30.0. The van der Waals surface area contributed by atoms with Crippen molar-refractivity contribution in [2.24, 2.45) is 0 Å². The molecule has 8 nitrogen and oxygen atoms in total. The molecule has 4 N–H and O–H groups in total. The first-order chi connectivity index (χ1) is 46.0. The molecular formula is C88H80N8. The van der Waals surface area contributed by atoms with Gasteiger partial charge in [-0.15, -0.1) is 0 Å². The van der Waals surface area contributed by atoms with Gasteiger partial charge in [0.05, 0.1) is 45.6 Å². The van der Waals surface area contributed by atoms with E-state index in [-0.39, 0.29) is 21.7 Å². The number of fused-ring (bicyclic) bond motifs is 16. The normalized spacial score (nSPS) is 13.2. The molecule has 0 fully saturated rings. The molecule has 16 bridgehead atoms. The van der Waals surface area contributed by atoms with Crippen LogP contribution in [0.4, 0.5) is 0 Å². The van der Waals surface area contributed by atoms with Crippen molar-refractivity contribution in [3.8, 4) is 55.6 Å². The molecule has 0 saturated carbocycles. The zero-order valence-corrected chi connectivity index (χ0v) is 56.9. The Morgan fingerprint density at radius 1 is 0.260 bits per heavy atom. The van der Waals surface area contributed by atoms with Crippen molar-refractivity contribution in [1.29, 1.82) is 0 Å².